The van der Waals surface area contributed by atoms with Crippen LogP contribution in [0, 0.1) is 6.92 Å². The van der Waals surface area contributed by atoms with E-state index in [2.05, 4.69) is 0 Å². The van der Waals surface area contributed by atoms with Crippen molar-refractivity contribution < 1.29 is 31.5 Å². The Hall–Kier alpha value is -1.86. The number of carbonyl (C=O) groups excluding carboxylic acids is 1. The standard InChI is InChI=1S/C16H20F5NO2/c1-3-22(13-6-4-5-12(2)11-13)9-10-24-14(23)7-8-15(17,18)16(19,20)21/h4-6,11H,3,7-10H2,1-2H3. The first-order valence-corrected chi connectivity index (χ1v) is 7.48. The van der Waals surface area contributed by atoms with Crippen molar-refractivity contribution in [1.82, 2.24) is 0 Å². The van der Waals surface area contributed by atoms with Crippen molar-refractivity contribution in [3.63, 3.8) is 0 Å². The summed E-state index contributed by atoms with van der Waals surface area (Å²) in [6.45, 7) is 4.69. The third kappa shape index (κ3) is 5.98. The summed E-state index contributed by atoms with van der Waals surface area (Å²) >= 11 is 0. The van der Waals surface area contributed by atoms with Crippen LogP contribution >= 0.6 is 0 Å². The highest BCUT2D eigenvalue weighted by Gasteiger charge is 2.56. The van der Waals surface area contributed by atoms with Crippen LogP contribution in [-0.4, -0.2) is 37.8 Å². The highest BCUT2D eigenvalue weighted by Crippen LogP contribution is 2.38. The van der Waals surface area contributed by atoms with E-state index in [-0.39, 0.29) is 6.61 Å². The zero-order valence-electron chi connectivity index (χ0n) is 13.5. The van der Waals surface area contributed by atoms with E-state index in [4.69, 9.17) is 4.74 Å². The number of alkyl halides is 5. The molecule has 136 valence electrons. The lowest BCUT2D eigenvalue weighted by atomic mass is 10.2. The molecule has 8 heteroatoms. The van der Waals surface area contributed by atoms with Crippen molar-refractivity contribution in [3.05, 3.63) is 29.8 Å². The molecule has 0 N–H and O–H groups in total. The van der Waals surface area contributed by atoms with Gasteiger partial charge in [0.2, 0.25) is 0 Å². The molecule has 0 atom stereocenters. The van der Waals surface area contributed by atoms with E-state index in [0.29, 0.717) is 13.1 Å². The summed E-state index contributed by atoms with van der Waals surface area (Å²) < 4.78 is 66.2. The number of anilines is 1. The van der Waals surface area contributed by atoms with Crippen molar-refractivity contribution in [3.8, 4) is 0 Å². The Kier molecular flexibility index (Phi) is 6.98. The highest BCUT2D eigenvalue weighted by molar-refractivity contribution is 5.69. The first kappa shape index (κ1) is 20.2. The van der Waals surface area contributed by atoms with Crippen molar-refractivity contribution in [2.24, 2.45) is 0 Å². The van der Waals surface area contributed by atoms with Crippen molar-refractivity contribution in [2.45, 2.75) is 38.8 Å². The number of aryl methyl sites for hydroxylation is 1. The Bertz CT molecular complexity index is 546. The van der Waals surface area contributed by atoms with Gasteiger partial charge in [-0.15, -0.1) is 0 Å². The monoisotopic (exact) mass is 353 g/mol. The quantitative estimate of drug-likeness (QED) is 0.514. The number of halogens is 5. The van der Waals surface area contributed by atoms with Crippen LogP contribution in [0.5, 0.6) is 0 Å². The molecule has 0 aliphatic heterocycles. The second-order valence-electron chi connectivity index (χ2n) is 5.34. The molecule has 0 bridgehead atoms. The van der Waals surface area contributed by atoms with Crippen LogP contribution < -0.4 is 4.90 Å². The number of hydrogen-bond acceptors (Lipinski definition) is 3. The summed E-state index contributed by atoms with van der Waals surface area (Å²) in [6, 6.07) is 7.62. The third-order valence-electron chi connectivity index (χ3n) is 3.43. The lowest BCUT2D eigenvalue weighted by molar-refractivity contribution is -0.284. The van der Waals surface area contributed by atoms with Crippen molar-refractivity contribution in [1.29, 1.82) is 0 Å². The van der Waals surface area contributed by atoms with E-state index < -0.39 is 30.9 Å². The van der Waals surface area contributed by atoms with Crippen molar-refractivity contribution >= 4 is 11.7 Å². The predicted molar refractivity (Wildman–Crippen MR) is 80.3 cm³/mol. The Labute approximate surface area is 137 Å². The number of rotatable bonds is 8. The van der Waals surface area contributed by atoms with E-state index in [0.717, 1.165) is 11.3 Å². The molecule has 0 unspecified atom stereocenters. The smallest absolute Gasteiger partial charge is 0.453 e. The first-order valence-electron chi connectivity index (χ1n) is 7.48. The molecule has 0 amide bonds. The van der Waals surface area contributed by atoms with Crippen LogP contribution in [0.3, 0.4) is 0 Å². The number of likely N-dealkylation sites (N-methyl/N-ethyl adjacent to an activating group) is 1. The largest absolute Gasteiger partial charge is 0.464 e. The molecule has 0 heterocycles. The van der Waals surface area contributed by atoms with Crippen LogP contribution in [-0.2, 0) is 9.53 Å². The summed E-state index contributed by atoms with van der Waals surface area (Å²) in [7, 11) is 0. The van der Waals surface area contributed by atoms with Gasteiger partial charge in [-0.3, -0.25) is 4.79 Å². The molecule has 3 nitrogen and oxygen atoms in total. The summed E-state index contributed by atoms with van der Waals surface area (Å²) in [5, 5.41) is 0. The van der Waals surface area contributed by atoms with Gasteiger partial charge >= 0.3 is 18.1 Å². The van der Waals surface area contributed by atoms with Gasteiger partial charge in [0.25, 0.3) is 0 Å². The van der Waals surface area contributed by atoms with Gasteiger partial charge in [0.1, 0.15) is 6.61 Å². The zero-order chi connectivity index (χ0) is 18.4. The van der Waals surface area contributed by atoms with Crippen LogP contribution in [0.2, 0.25) is 0 Å². The molecular weight excluding hydrogens is 333 g/mol. The fourth-order valence-corrected chi connectivity index (χ4v) is 2.04. The van der Waals surface area contributed by atoms with Gasteiger partial charge in [-0.2, -0.15) is 22.0 Å². The van der Waals surface area contributed by atoms with E-state index in [1.807, 2.05) is 43.0 Å². The SMILES string of the molecule is CCN(CCOC(=O)CCC(F)(F)C(F)(F)F)c1cccc(C)c1. The van der Waals surface area contributed by atoms with Gasteiger partial charge < -0.3 is 9.64 Å². The lowest BCUT2D eigenvalue weighted by Crippen LogP contribution is -2.37. The number of esters is 1. The molecule has 0 saturated heterocycles. The second-order valence-corrected chi connectivity index (χ2v) is 5.34. The summed E-state index contributed by atoms with van der Waals surface area (Å²) in [5.74, 6) is -5.96. The van der Waals surface area contributed by atoms with Gasteiger partial charge in [0, 0.05) is 18.7 Å². The third-order valence-corrected chi connectivity index (χ3v) is 3.43. The first-order chi connectivity index (χ1) is 11.1. The average Bonchev–Trinajstić information content (AvgIpc) is 2.48. The maximum atomic E-state index is 12.7. The molecule has 0 aliphatic carbocycles. The Balaban J connectivity index is 2.42. The zero-order valence-corrected chi connectivity index (χ0v) is 13.5. The fraction of sp³-hybridized carbons (Fsp3) is 0.562. The maximum Gasteiger partial charge on any atom is 0.453 e. The normalized spacial score (nSPS) is 12.1. The lowest BCUT2D eigenvalue weighted by Gasteiger charge is -2.23. The Morgan fingerprint density at radius 3 is 2.42 bits per heavy atom. The molecule has 1 aromatic carbocycles. The molecule has 24 heavy (non-hydrogen) atoms. The van der Waals surface area contributed by atoms with E-state index in [1.165, 1.54) is 0 Å². The minimum Gasteiger partial charge on any atom is -0.464 e. The molecule has 0 saturated carbocycles. The van der Waals surface area contributed by atoms with Gasteiger partial charge in [0.05, 0.1) is 13.0 Å². The summed E-state index contributed by atoms with van der Waals surface area (Å²) in [5.41, 5.74) is 1.97. The number of benzene rings is 1. The topological polar surface area (TPSA) is 29.5 Å². The molecule has 0 aliphatic rings. The minimum absolute atomic E-state index is 0.0851. The summed E-state index contributed by atoms with van der Waals surface area (Å²) in [6.07, 6.45) is -8.24. The molecule has 0 aromatic heterocycles. The number of ether oxygens (including phenoxy) is 1. The Morgan fingerprint density at radius 1 is 1.21 bits per heavy atom. The predicted octanol–water partition coefficient (Wildman–Crippen LogP) is 4.34. The number of hydrogen-bond donors (Lipinski definition) is 0. The molecule has 1 aromatic rings. The van der Waals surface area contributed by atoms with E-state index in [1.54, 1.807) is 0 Å². The van der Waals surface area contributed by atoms with Crippen molar-refractivity contribution in [2.75, 3.05) is 24.6 Å². The molecule has 0 spiro atoms. The van der Waals surface area contributed by atoms with Crippen LogP contribution in [0.15, 0.2) is 24.3 Å². The summed E-state index contributed by atoms with van der Waals surface area (Å²) in [4.78, 5) is 13.2. The van der Waals surface area contributed by atoms with Gasteiger partial charge in [-0.1, -0.05) is 12.1 Å². The van der Waals surface area contributed by atoms with Gasteiger partial charge in [0.15, 0.2) is 0 Å². The van der Waals surface area contributed by atoms with E-state index in [9.17, 15) is 26.7 Å². The fourth-order valence-electron chi connectivity index (χ4n) is 2.04. The van der Waals surface area contributed by atoms with Crippen LogP contribution in [0.4, 0.5) is 27.6 Å². The number of nitrogens with zero attached hydrogens (tertiary/aromatic N) is 1. The molecule has 0 fully saturated rings. The highest BCUT2D eigenvalue weighted by atomic mass is 19.4. The van der Waals surface area contributed by atoms with E-state index >= 15 is 0 Å². The average molecular weight is 353 g/mol. The molecular formula is C16H20F5NO2. The van der Waals surface area contributed by atoms with Gasteiger partial charge in [-0.05, 0) is 31.5 Å². The van der Waals surface area contributed by atoms with Crippen LogP contribution in [0.25, 0.3) is 0 Å². The Morgan fingerprint density at radius 2 is 1.88 bits per heavy atom. The molecule has 0 radical (unpaired) electrons. The minimum atomic E-state index is -5.66. The second kappa shape index (κ2) is 8.30. The van der Waals surface area contributed by atoms with Crippen LogP contribution in [0.1, 0.15) is 25.3 Å². The molecule has 1 rings (SSSR count). The van der Waals surface area contributed by atoms with Gasteiger partial charge in [-0.25, -0.2) is 0 Å². The number of carbonyl (C=O) groups is 1. The maximum absolute atomic E-state index is 12.7.